The third-order valence-corrected chi connectivity index (χ3v) is 14.5. The molecule has 0 heterocycles. The fourth-order valence-electron chi connectivity index (χ4n) is 9.69. The maximum atomic E-state index is 12.5. The zero-order chi connectivity index (χ0) is 50.0. The molecule has 2 atom stereocenters. The van der Waals surface area contributed by atoms with Gasteiger partial charge in [-0.25, -0.2) is 0 Å². The number of hydrogen-bond donors (Lipinski definition) is 3. The van der Waals surface area contributed by atoms with Crippen LogP contribution in [0.3, 0.4) is 0 Å². The maximum absolute atomic E-state index is 12.5. The molecule has 408 valence electrons. The molecular formula is C63H121NO5. The van der Waals surface area contributed by atoms with Gasteiger partial charge in [0.2, 0.25) is 5.91 Å². The van der Waals surface area contributed by atoms with Crippen LogP contribution in [0.25, 0.3) is 0 Å². The van der Waals surface area contributed by atoms with E-state index in [2.05, 4.69) is 43.5 Å². The van der Waals surface area contributed by atoms with Crippen LogP contribution in [0.2, 0.25) is 0 Å². The molecule has 0 saturated carbocycles. The van der Waals surface area contributed by atoms with Gasteiger partial charge in [0.05, 0.1) is 25.4 Å². The maximum Gasteiger partial charge on any atom is 0.305 e. The predicted molar refractivity (Wildman–Crippen MR) is 301 cm³/mol. The van der Waals surface area contributed by atoms with Crippen molar-refractivity contribution >= 4 is 11.9 Å². The van der Waals surface area contributed by atoms with Crippen LogP contribution in [0.1, 0.15) is 341 Å². The van der Waals surface area contributed by atoms with E-state index in [9.17, 15) is 19.8 Å². The fourth-order valence-corrected chi connectivity index (χ4v) is 9.69. The molecule has 0 spiro atoms. The lowest BCUT2D eigenvalue weighted by Crippen LogP contribution is -2.45. The third kappa shape index (κ3) is 55.5. The van der Waals surface area contributed by atoms with Crippen LogP contribution in [-0.2, 0) is 14.3 Å². The highest BCUT2D eigenvalue weighted by Crippen LogP contribution is 2.18. The van der Waals surface area contributed by atoms with Crippen LogP contribution in [0.15, 0.2) is 24.3 Å². The molecular weight excluding hydrogens is 851 g/mol. The summed E-state index contributed by atoms with van der Waals surface area (Å²) in [5.74, 6) is -0.0599. The lowest BCUT2D eigenvalue weighted by Gasteiger charge is -2.22. The molecule has 3 N–H and O–H groups in total. The number of rotatable bonds is 58. The molecule has 69 heavy (non-hydrogen) atoms. The van der Waals surface area contributed by atoms with Gasteiger partial charge in [-0.1, -0.05) is 276 Å². The van der Waals surface area contributed by atoms with E-state index in [1.54, 1.807) is 0 Å². The Morgan fingerprint density at radius 3 is 1.03 bits per heavy atom. The minimum absolute atomic E-state index is 0.0126. The van der Waals surface area contributed by atoms with E-state index in [-0.39, 0.29) is 18.5 Å². The Morgan fingerprint density at radius 2 is 0.681 bits per heavy atom. The van der Waals surface area contributed by atoms with Crippen molar-refractivity contribution in [1.82, 2.24) is 5.32 Å². The highest BCUT2D eigenvalue weighted by atomic mass is 16.5. The van der Waals surface area contributed by atoms with E-state index in [1.807, 2.05) is 0 Å². The van der Waals surface area contributed by atoms with Crippen LogP contribution in [0, 0.1) is 0 Å². The quantitative estimate of drug-likeness (QED) is 0.0321. The second-order valence-corrected chi connectivity index (χ2v) is 21.4. The number of carbonyl (C=O) groups excluding carboxylic acids is 2. The first kappa shape index (κ1) is 67.3. The van der Waals surface area contributed by atoms with Gasteiger partial charge in [0, 0.05) is 12.8 Å². The van der Waals surface area contributed by atoms with E-state index >= 15 is 0 Å². The monoisotopic (exact) mass is 972 g/mol. The van der Waals surface area contributed by atoms with Gasteiger partial charge in [-0.05, 0) is 77.0 Å². The zero-order valence-corrected chi connectivity index (χ0v) is 46.6. The second kappa shape index (κ2) is 58.9. The van der Waals surface area contributed by atoms with Crippen molar-refractivity contribution in [2.45, 2.75) is 353 Å². The summed E-state index contributed by atoms with van der Waals surface area (Å²) >= 11 is 0. The molecule has 0 saturated heterocycles. The van der Waals surface area contributed by atoms with Gasteiger partial charge in [-0.2, -0.15) is 0 Å². The molecule has 1 amide bonds. The van der Waals surface area contributed by atoms with Gasteiger partial charge in [0.15, 0.2) is 0 Å². The normalized spacial score (nSPS) is 12.7. The summed E-state index contributed by atoms with van der Waals surface area (Å²) in [6.45, 7) is 4.94. The Balaban J connectivity index is 3.46. The molecule has 2 unspecified atom stereocenters. The minimum atomic E-state index is -0.675. The van der Waals surface area contributed by atoms with Gasteiger partial charge < -0.3 is 20.3 Å². The molecule has 0 aliphatic heterocycles. The van der Waals surface area contributed by atoms with Gasteiger partial charge in [-0.15, -0.1) is 0 Å². The first-order valence-corrected chi connectivity index (χ1v) is 31.1. The van der Waals surface area contributed by atoms with Crippen LogP contribution in [-0.4, -0.2) is 47.4 Å². The number of carbonyl (C=O) groups is 2. The number of ether oxygens (including phenoxy) is 1. The van der Waals surface area contributed by atoms with E-state index < -0.39 is 12.1 Å². The lowest BCUT2D eigenvalue weighted by molar-refractivity contribution is -0.143. The topological polar surface area (TPSA) is 95.9 Å². The minimum Gasteiger partial charge on any atom is -0.466 e. The fraction of sp³-hybridized carbons (Fsp3) is 0.905. The summed E-state index contributed by atoms with van der Waals surface area (Å²) in [5.41, 5.74) is 0. The first-order chi connectivity index (χ1) is 34.0. The van der Waals surface area contributed by atoms with E-state index in [4.69, 9.17) is 4.74 Å². The lowest BCUT2D eigenvalue weighted by atomic mass is 10.0. The predicted octanol–water partition coefficient (Wildman–Crippen LogP) is 19.4. The molecule has 0 radical (unpaired) electrons. The zero-order valence-electron chi connectivity index (χ0n) is 46.6. The number of aliphatic hydroxyl groups is 2. The Kier molecular flexibility index (Phi) is 57.5. The van der Waals surface area contributed by atoms with Crippen LogP contribution >= 0.6 is 0 Å². The van der Waals surface area contributed by atoms with Gasteiger partial charge in [0.1, 0.15) is 0 Å². The number of hydrogen-bond acceptors (Lipinski definition) is 5. The Hall–Kier alpha value is -1.66. The molecule has 0 aromatic heterocycles. The number of aliphatic hydroxyl groups excluding tert-OH is 2. The smallest absolute Gasteiger partial charge is 0.305 e. The third-order valence-electron chi connectivity index (χ3n) is 14.5. The van der Waals surface area contributed by atoms with Crippen molar-refractivity contribution < 1.29 is 24.5 Å². The van der Waals surface area contributed by atoms with Crippen LogP contribution < -0.4 is 5.32 Å². The average Bonchev–Trinajstić information content (AvgIpc) is 3.35. The second-order valence-electron chi connectivity index (χ2n) is 21.4. The summed E-state index contributed by atoms with van der Waals surface area (Å²) in [5, 5.41) is 23.3. The molecule has 0 aromatic rings. The Morgan fingerprint density at radius 1 is 0.391 bits per heavy atom. The van der Waals surface area contributed by atoms with Crippen molar-refractivity contribution in [2.75, 3.05) is 13.2 Å². The molecule has 0 rings (SSSR count). The number of amides is 1. The van der Waals surface area contributed by atoms with E-state index in [0.29, 0.717) is 25.9 Å². The van der Waals surface area contributed by atoms with Crippen molar-refractivity contribution in [3.05, 3.63) is 24.3 Å². The number of esters is 1. The molecule has 0 aliphatic rings. The molecule has 0 fully saturated rings. The highest BCUT2D eigenvalue weighted by molar-refractivity contribution is 5.76. The van der Waals surface area contributed by atoms with Crippen LogP contribution in [0.4, 0.5) is 0 Å². The molecule has 0 aliphatic carbocycles. The standard InChI is InChI=1S/C63H121NO5/c1-3-5-7-9-11-13-15-17-19-21-22-23-25-27-31-35-39-43-47-51-55-61(66)60(59-65)64-62(67)56-52-48-44-40-36-32-28-26-30-34-38-42-46-50-54-58-69-63(68)57-53-49-45-41-37-33-29-24-20-18-16-14-12-10-8-6-4-2/h18,20,30,34,60-61,65-66H,3-17,19,21-29,31-33,35-59H2,1-2H3,(H,64,67)/b20-18-,34-30-. The van der Waals surface area contributed by atoms with Crippen LogP contribution in [0.5, 0.6) is 0 Å². The summed E-state index contributed by atoms with van der Waals surface area (Å²) < 4.78 is 5.47. The Bertz CT molecular complexity index is 1080. The van der Waals surface area contributed by atoms with Crippen molar-refractivity contribution in [3.63, 3.8) is 0 Å². The molecule has 0 bridgehead atoms. The molecule has 0 aromatic carbocycles. The Labute approximate surface area is 431 Å². The van der Waals surface area contributed by atoms with Crippen molar-refractivity contribution in [2.24, 2.45) is 0 Å². The first-order valence-electron chi connectivity index (χ1n) is 31.1. The summed E-state index contributed by atoms with van der Waals surface area (Å²) in [6.07, 6.45) is 71.8. The van der Waals surface area contributed by atoms with Gasteiger partial charge in [-0.3, -0.25) is 9.59 Å². The summed E-state index contributed by atoms with van der Waals surface area (Å²) in [6, 6.07) is -0.554. The van der Waals surface area contributed by atoms with Gasteiger partial charge in [0.25, 0.3) is 0 Å². The molecule has 6 nitrogen and oxygen atoms in total. The SMILES string of the molecule is CCCCCCCC/C=C\CCCCCCCCCC(=O)OCCCCCC/C=C\CCCCCCCCCC(=O)NC(CO)C(O)CCCCCCCCCCCCCCCCCCCCCC. The van der Waals surface area contributed by atoms with Gasteiger partial charge >= 0.3 is 5.97 Å². The number of nitrogens with one attached hydrogen (secondary N) is 1. The molecule has 6 heteroatoms. The van der Waals surface area contributed by atoms with E-state index in [0.717, 1.165) is 70.6 Å². The average molecular weight is 973 g/mol. The summed E-state index contributed by atoms with van der Waals surface area (Å²) in [4.78, 5) is 24.6. The van der Waals surface area contributed by atoms with Crippen molar-refractivity contribution in [1.29, 1.82) is 0 Å². The number of allylic oxidation sites excluding steroid dienone is 4. The number of unbranched alkanes of at least 4 members (excludes halogenated alkanes) is 43. The van der Waals surface area contributed by atoms with E-state index in [1.165, 1.54) is 238 Å². The van der Waals surface area contributed by atoms with Crippen molar-refractivity contribution in [3.8, 4) is 0 Å². The summed E-state index contributed by atoms with van der Waals surface area (Å²) in [7, 11) is 0. The highest BCUT2D eigenvalue weighted by Gasteiger charge is 2.20. The largest absolute Gasteiger partial charge is 0.466 e.